The first-order valence-corrected chi connectivity index (χ1v) is 5.15. The Hall–Kier alpha value is -1.22. The number of Topliss-reactive ketones (excluding diaryl/α,β-unsaturated/α-hetero) is 1. The van der Waals surface area contributed by atoms with Crippen LogP contribution in [0.1, 0.15) is 29.3 Å². The maximum Gasteiger partial charge on any atom is 0.176 e. The lowest BCUT2D eigenvalue weighted by Gasteiger charge is -2.03. The fraction of sp³-hybridized carbons (Fsp3) is 0.417. The highest BCUT2D eigenvalue weighted by Crippen LogP contribution is 2.09. The summed E-state index contributed by atoms with van der Waals surface area (Å²) in [5.41, 5.74) is 0.995. The zero-order valence-corrected chi connectivity index (χ0v) is 9.14. The second kappa shape index (κ2) is 5.61. The monoisotopic (exact) mass is 209 g/mol. The van der Waals surface area contributed by atoms with Gasteiger partial charge >= 0.3 is 0 Å². The molecule has 0 aliphatic carbocycles. The van der Waals surface area contributed by atoms with Crippen molar-refractivity contribution in [3.8, 4) is 0 Å². The van der Waals surface area contributed by atoms with E-state index in [1.807, 2.05) is 6.92 Å². The van der Waals surface area contributed by atoms with Crippen LogP contribution in [0.2, 0.25) is 0 Å². The lowest BCUT2D eigenvalue weighted by molar-refractivity contribution is 0.0991. The smallest absolute Gasteiger partial charge is 0.176 e. The highest BCUT2D eigenvalue weighted by molar-refractivity contribution is 5.97. The fourth-order valence-corrected chi connectivity index (χ4v) is 1.25. The molecular formula is C12H16FNO. The van der Waals surface area contributed by atoms with Gasteiger partial charge in [-0.2, -0.15) is 0 Å². The quantitative estimate of drug-likeness (QED) is 0.595. The van der Waals surface area contributed by atoms with Crippen molar-refractivity contribution in [1.82, 2.24) is 5.32 Å². The van der Waals surface area contributed by atoms with Gasteiger partial charge < -0.3 is 5.32 Å². The number of halogens is 1. The second-order valence-electron chi connectivity index (χ2n) is 3.56. The molecule has 15 heavy (non-hydrogen) atoms. The highest BCUT2D eigenvalue weighted by atomic mass is 19.1. The van der Waals surface area contributed by atoms with Gasteiger partial charge in [-0.3, -0.25) is 4.79 Å². The zero-order chi connectivity index (χ0) is 11.3. The number of carbonyl (C=O) groups excluding carboxylic acids is 1. The Morgan fingerprint density at radius 2 is 2.20 bits per heavy atom. The van der Waals surface area contributed by atoms with Gasteiger partial charge in [0, 0.05) is 5.56 Å². The minimum atomic E-state index is -0.323. The number of hydrogen-bond acceptors (Lipinski definition) is 2. The van der Waals surface area contributed by atoms with E-state index in [2.05, 4.69) is 5.32 Å². The van der Waals surface area contributed by atoms with Gasteiger partial charge in [0.05, 0.1) is 6.54 Å². The van der Waals surface area contributed by atoms with Crippen LogP contribution >= 0.6 is 0 Å². The second-order valence-corrected chi connectivity index (χ2v) is 3.56. The van der Waals surface area contributed by atoms with Gasteiger partial charge in [0.2, 0.25) is 0 Å². The molecule has 0 unspecified atom stereocenters. The Balaban J connectivity index is 2.62. The maximum absolute atomic E-state index is 13.2. The lowest BCUT2D eigenvalue weighted by Crippen LogP contribution is -2.23. The van der Waals surface area contributed by atoms with Crippen molar-refractivity contribution < 1.29 is 9.18 Å². The van der Waals surface area contributed by atoms with Gasteiger partial charge in [0.1, 0.15) is 5.82 Å². The van der Waals surface area contributed by atoms with Gasteiger partial charge in [0.15, 0.2) is 5.78 Å². The van der Waals surface area contributed by atoms with E-state index in [0.717, 1.165) is 13.0 Å². The molecule has 0 saturated carbocycles. The summed E-state index contributed by atoms with van der Waals surface area (Å²) in [4.78, 5) is 11.6. The molecule has 0 saturated heterocycles. The topological polar surface area (TPSA) is 29.1 Å². The number of carbonyl (C=O) groups is 1. The summed E-state index contributed by atoms with van der Waals surface area (Å²) in [7, 11) is 0. The molecule has 0 spiro atoms. The average Bonchev–Trinajstić information content (AvgIpc) is 2.22. The van der Waals surface area contributed by atoms with Gasteiger partial charge in [-0.25, -0.2) is 4.39 Å². The predicted molar refractivity (Wildman–Crippen MR) is 58.6 cm³/mol. The van der Waals surface area contributed by atoms with Crippen LogP contribution in [0.4, 0.5) is 4.39 Å². The molecule has 3 heteroatoms. The number of hydrogen-bond donors (Lipinski definition) is 1. The molecule has 1 rings (SSSR count). The molecule has 0 amide bonds. The van der Waals surface area contributed by atoms with E-state index >= 15 is 0 Å². The molecule has 1 aromatic carbocycles. The van der Waals surface area contributed by atoms with E-state index in [9.17, 15) is 9.18 Å². The summed E-state index contributed by atoms with van der Waals surface area (Å²) in [6.07, 6.45) is 0.982. The van der Waals surface area contributed by atoms with Gasteiger partial charge in [-0.15, -0.1) is 0 Å². The maximum atomic E-state index is 13.2. The van der Waals surface area contributed by atoms with E-state index in [1.165, 1.54) is 6.07 Å². The van der Waals surface area contributed by atoms with Crippen LogP contribution in [0, 0.1) is 12.7 Å². The van der Waals surface area contributed by atoms with Crippen molar-refractivity contribution in [2.24, 2.45) is 0 Å². The zero-order valence-electron chi connectivity index (χ0n) is 9.14. The van der Waals surface area contributed by atoms with Crippen molar-refractivity contribution in [2.45, 2.75) is 20.3 Å². The first-order chi connectivity index (χ1) is 7.15. The van der Waals surface area contributed by atoms with Crippen LogP contribution in [0.5, 0.6) is 0 Å². The third-order valence-electron chi connectivity index (χ3n) is 2.21. The molecule has 2 nitrogen and oxygen atoms in total. The molecule has 0 fully saturated rings. The Labute approximate surface area is 89.5 Å². The molecule has 0 aromatic heterocycles. The number of ketones is 1. The summed E-state index contributed by atoms with van der Waals surface area (Å²) in [5.74, 6) is -0.390. The molecule has 1 N–H and O–H groups in total. The number of aryl methyl sites for hydroxylation is 1. The molecule has 0 aliphatic rings. The number of benzene rings is 1. The largest absolute Gasteiger partial charge is 0.310 e. The molecule has 0 atom stereocenters. The van der Waals surface area contributed by atoms with E-state index < -0.39 is 0 Å². The Bertz CT molecular complexity index is 349. The third-order valence-corrected chi connectivity index (χ3v) is 2.21. The summed E-state index contributed by atoms with van der Waals surface area (Å²) in [5, 5.41) is 3.00. The van der Waals surface area contributed by atoms with Crippen molar-refractivity contribution in [3.63, 3.8) is 0 Å². The van der Waals surface area contributed by atoms with E-state index in [-0.39, 0.29) is 18.1 Å². The molecule has 82 valence electrons. The first-order valence-electron chi connectivity index (χ1n) is 5.15. The Morgan fingerprint density at radius 3 is 2.80 bits per heavy atom. The third kappa shape index (κ3) is 3.44. The van der Waals surface area contributed by atoms with Gasteiger partial charge in [-0.1, -0.05) is 19.1 Å². The molecular weight excluding hydrogens is 193 g/mol. The van der Waals surface area contributed by atoms with Crippen LogP contribution in [0.15, 0.2) is 18.2 Å². The van der Waals surface area contributed by atoms with E-state index in [1.54, 1.807) is 19.1 Å². The highest BCUT2D eigenvalue weighted by Gasteiger charge is 2.07. The summed E-state index contributed by atoms with van der Waals surface area (Å²) in [6.45, 7) is 4.79. The summed E-state index contributed by atoms with van der Waals surface area (Å²) < 4.78 is 13.2. The molecule has 1 aromatic rings. The molecule has 0 heterocycles. The van der Waals surface area contributed by atoms with E-state index in [0.29, 0.717) is 11.1 Å². The molecule has 0 aliphatic heterocycles. The first kappa shape index (κ1) is 11.9. The Morgan fingerprint density at radius 1 is 1.47 bits per heavy atom. The standard InChI is InChI=1S/C12H16FNO/c1-3-6-14-8-12(15)10-5-4-9(2)11(13)7-10/h4-5,7,14H,3,6,8H2,1-2H3. The predicted octanol–water partition coefficient (Wildman–Crippen LogP) is 2.32. The SMILES string of the molecule is CCCNCC(=O)c1ccc(C)c(F)c1. The Kier molecular flexibility index (Phi) is 4.43. The molecule has 0 bridgehead atoms. The van der Waals surface area contributed by atoms with Crippen molar-refractivity contribution in [3.05, 3.63) is 35.1 Å². The minimum absolute atomic E-state index is 0.0673. The number of rotatable bonds is 5. The lowest BCUT2D eigenvalue weighted by atomic mass is 10.1. The van der Waals surface area contributed by atoms with Gasteiger partial charge in [-0.05, 0) is 31.5 Å². The summed E-state index contributed by atoms with van der Waals surface area (Å²) >= 11 is 0. The van der Waals surface area contributed by atoms with Crippen LogP contribution in [-0.4, -0.2) is 18.9 Å². The van der Waals surface area contributed by atoms with Crippen molar-refractivity contribution in [2.75, 3.05) is 13.1 Å². The van der Waals surface area contributed by atoms with E-state index in [4.69, 9.17) is 0 Å². The van der Waals surface area contributed by atoms with Crippen molar-refractivity contribution >= 4 is 5.78 Å². The normalized spacial score (nSPS) is 10.3. The molecule has 0 radical (unpaired) electrons. The fourth-order valence-electron chi connectivity index (χ4n) is 1.25. The number of nitrogens with one attached hydrogen (secondary N) is 1. The van der Waals surface area contributed by atoms with Crippen molar-refractivity contribution in [1.29, 1.82) is 0 Å². The van der Waals surface area contributed by atoms with Crippen LogP contribution in [-0.2, 0) is 0 Å². The average molecular weight is 209 g/mol. The minimum Gasteiger partial charge on any atom is -0.310 e. The van der Waals surface area contributed by atoms with Crippen LogP contribution in [0.3, 0.4) is 0 Å². The van der Waals surface area contributed by atoms with Crippen LogP contribution < -0.4 is 5.32 Å². The van der Waals surface area contributed by atoms with Gasteiger partial charge in [0.25, 0.3) is 0 Å². The summed E-state index contributed by atoms with van der Waals surface area (Å²) in [6, 6.07) is 4.59. The van der Waals surface area contributed by atoms with Crippen LogP contribution in [0.25, 0.3) is 0 Å².